The predicted octanol–water partition coefficient (Wildman–Crippen LogP) is 2.45. The van der Waals surface area contributed by atoms with Gasteiger partial charge in [0.05, 0.1) is 6.10 Å². The third-order valence-electron chi connectivity index (χ3n) is 2.96. The fourth-order valence-corrected chi connectivity index (χ4v) is 1.99. The zero-order valence-corrected chi connectivity index (χ0v) is 11.6. The topological polar surface area (TPSA) is 30.5 Å². The molecule has 0 heterocycles. The molecular formula is C13H29NO2. The lowest BCUT2D eigenvalue weighted by Crippen LogP contribution is -2.45. The van der Waals surface area contributed by atoms with Crippen molar-refractivity contribution in [1.82, 2.24) is 5.32 Å². The number of ether oxygens (including phenoxy) is 2. The predicted molar refractivity (Wildman–Crippen MR) is 68.8 cm³/mol. The molecule has 98 valence electrons. The van der Waals surface area contributed by atoms with E-state index in [0.717, 1.165) is 32.6 Å². The third-order valence-corrected chi connectivity index (χ3v) is 2.96. The standard InChI is InChI=1S/C13H29NO2/c1-6-9-14-13(12(4)16-7-2)11(3)8-10-15-5/h11-14H,6-10H2,1-5H3. The molecular weight excluding hydrogens is 202 g/mol. The van der Waals surface area contributed by atoms with Gasteiger partial charge in [-0.2, -0.15) is 0 Å². The molecule has 0 aromatic rings. The smallest absolute Gasteiger partial charge is 0.0702 e. The van der Waals surface area contributed by atoms with Gasteiger partial charge in [0.2, 0.25) is 0 Å². The van der Waals surface area contributed by atoms with Gasteiger partial charge in [-0.25, -0.2) is 0 Å². The van der Waals surface area contributed by atoms with Crippen molar-refractivity contribution in [1.29, 1.82) is 0 Å². The Bertz CT molecular complexity index is 153. The minimum Gasteiger partial charge on any atom is -0.385 e. The van der Waals surface area contributed by atoms with Crippen LogP contribution in [0, 0.1) is 5.92 Å². The molecule has 0 aliphatic carbocycles. The molecule has 0 radical (unpaired) electrons. The zero-order chi connectivity index (χ0) is 12.4. The van der Waals surface area contributed by atoms with Crippen LogP contribution in [-0.2, 0) is 9.47 Å². The Balaban J connectivity index is 4.15. The van der Waals surface area contributed by atoms with Gasteiger partial charge >= 0.3 is 0 Å². The molecule has 0 bridgehead atoms. The van der Waals surface area contributed by atoms with E-state index in [4.69, 9.17) is 9.47 Å². The van der Waals surface area contributed by atoms with E-state index in [2.05, 4.69) is 26.1 Å². The molecule has 3 unspecified atom stereocenters. The minimum atomic E-state index is 0.267. The van der Waals surface area contributed by atoms with Gasteiger partial charge in [-0.1, -0.05) is 13.8 Å². The van der Waals surface area contributed by atoms with Crippen molar-refractivity contribution < 1.29 is 9.47 Å². The number of nitrogens with one attached hydrogen (secondary N) is 1. The van der Waals surface area contributed by atoms with Crippen LogP contribution in [0.3, 0.4) is 0 Å². The first kappa shape index (κ1) is 15.9. The summed E-state index contributed by atoms with van der Waals surface area (Å²) < 4.78 is 10.8. The first-order valence-electron chi connectivity index (χ1n) is 6.51. The summed E-state index contributed by atoms with van der Waals surface area (Å²) in [6.45, 7) is 11.3. The van der Waals surface area contributed by atoms with E-state index < -0.39 is 0 Å². The van der Waals surface area contributed by atoms with Crippen molar-refractivity contribution in [3.63, 3.8) is 0 Å². The fourth-order valence-electron chi connectivity index (χ4n) is 1.99. The average molecular weight is 231 g/mol. The molecule has 0 aromatic carbocycles. The van der Waals surface area contributed by atoms with E-state index in [9.17, 15) is 0 Å². The highest BCUT2D eigenvalue weighted by molar-refractivity contribution is 4.79. The highest BCUT2D eigenvalue weighted by atomic mass is 16.5. The maximum Gasteiger partial charge on any atom is 0.0702 e. The summed E-state index contributed by atoms with van der Waals surface area (Å²) in [6, 6.07) is 0.426. The molecule has 3 atom stereocenters. The van der Waals surface area contributed by atoms with Gasteiger partial charge in [0.1, 0.15) is 0 Å². The number of rotatable bonds is 10. The van der Waals surface area contributed by atoms with E-state index in [1.54, 1.807) is 7.11 Å². The zero-order valence-electron chi connectivity index (χ0n) is 11.6. The Labute approximate surface area is 101 Å². The molecule has 3 heteroatoms. The van der Waals surface area contributed by atoms with Crippen molar-refractivity contribution in [3.8, 4) is 0 Å². The molecule has 16 heavy (non-hydrogen) atoms. The van der Waals surface area contributed by atoms with Crippen molar-refractivity contribution in [2.45, 2.75) is 52.7 Å². The fraction of sp³-hybridized carbons (Fsp3) is 1.00. The van der Waals surface area contributed by atoms with Crippen molar-refractivity contribution in [3.05, 3.63) is 0 Å². The molecule has 0 aromatic heterocycles. The number of hydrogen-bond donors (Lipinski definition) is 1. The summed E-state index contributed by atoms with van der Waals surface area (Å²) in [4.78, 5) is 0. The maximum absolute atomic E-state index is 5.70. The van der Waals surface area contributed by atoms with Gasteiger partial charge in [0.25, 0.3) is 0 Å². The lowest BCUT2D eigenvalue weighted by Gasteiger charge is -2.30. The second-order valence-corrected chi connectivity index (χ2v) is 4.40. The second-order valence-electron chi connectivity index (χ2n) is 4.40. The second kappa shape index (κ2) is 10.1. The van der Waals surface area contributed by atoms with Crippen LogP contribution in [0.5, 0.6) is 0 Å². The van der Waals surface area contributed by atoms with Crippen molar-refractivity contribution in [2.75, 3.05) is 26.9 Å². The van der Waals surface area contributed by atoms with E-state index >= 15 is 0 Å². The van der Waals surface area contributed by atoms with E-state index in [0.29, 0.717) is 12.0 Å². The van der Waals surface area contributed by atoms with Gasteiger partial charge in [0, 0.05) is 26.4 Å². The Hall–Kier alpha value is -0.120. The normalized spacial score (nSPS) is 17.1. The van der Waals surface area contributed by atoms with Crippen molar-refractivity contribution in [2.24, 2.45) is 5.92 Å². The molecule has 3 nitrogen and oxygen atoms in total. The molecule has 0 aliphatic rings. The van der Waals surface area contributed by atoms with Crippen LogP contribution in [0.2, 0.25) is 0 Å². The first-order chi connectivity index (χ1) is 7.67. The van der Waals surface area contributed by atoms with Crippen LogP contribution < -0.4 is 5.32 Å². The van der Waals surface area contributed by atoms with Crippen LogP contribution in [0.1, 0.15) is 40.5 Å². The SMILES string of the molecule is CCCNC(C(C)CCOC)C(C)OCC. The third kappa shape index (κ3) is 6.46. The minimum absolute atomic E-state index is 0.267. The summed E-state index contributed by atoms with van der Waals surface area (Å²) in [6.07, 6.45) is 2.50. The average Bonchev–Trinajstić information content (AvgIpc) is 2.27. The molecule has 0 fully saturated rings. The Morgan fingerprint density at radius 1 is 1.19 bits per heavy atom. The quantitative estimate of drug-likeness (QED) is 0.626. The van der Waals surface area contributed by atoms with Crippen LogP contribution in [0.25, 0.3) is 0 Å². The Kier molecular flexibility index (Phi) is 9.99. The molecule has 0 saturated carbocycles. The highest BCUT2D eigenvalue weighted by Crippen LogP contribution is 2.14. The Morgan fingerprint density at radius 3 is 2.38 bits per heavy atom. The van der Waals surface area contributed by atoms with E-state index in [-0.39, 0.29) is 6.10 Å². The molecule has 0 spiro atoms. The number of methoxy groups -OCH3 is 1. The summed E-state index contributed by atoms with van der Waals surface area (Å²) in [5.41, 5.74) is 0. The highest BCUT2D eigenvalue weighted by Gasteiger charge is 2.22. The van der Waals surface area contributed by atoms with Gasteiger partial charge in [-0.05, 0) is 39.2 Å². The molecule has 0 rings (SSSR count). The lowest BCUT2D eigenvalue weighted by atomic mass is 9.94. The Morgan fingerprint density at radius 2 is 1.88 bits per heavy atom. The molecule has 0 aliphatic heterocycles. The first-order valence-corrected chi connectivity index (χ1v) is 6.51. The van der Waals surface area contributed by atoms with Crippen LogP contribution in [0.4, 0.5) is 0 Å². The van der Waals surface area contributed by atoms with Gasteiger partial charge in [0.15, 0.2) is 0 Å². The summed E-state index contributed by atoms with van der Waals surface area (Å²) >= 11 is 0. The van der Waals surface area contributed by atoms with E-state index in [1.165, 1.54) is 0 Å². The summed E-state index contributed by atoms with van der Waals surface area (Å²) in [5.74, 6) is 0.577. The van der Waals surface area contributed by atoms with Crippen molar-refractivity contribution >= 4 is 0 Å². The lowest BCUT2D eigenvalue weighted by molar-refractivity contribution is 0.0273. The molecule has 1 N–H and O–H groups in total. The summed E-state index contributed by atoms with van der Waals surface area (Å²) in [5, 5.41) is 3.58. The van der Waals surface area contributed by atoms with Crippen LogP contribution >= 0.6 is 0 Å². The van der Waals surface area contributed by atoms with Crippen LogP contribution in [0.15, 0.2) is 0 Å². The van der Waals surface area contributed by atoms with E-state index in [1.807, 2.05) is 6.92 Å². The molecule has 0 saturated heterocycles. The molecule has 0 amide bonds. The van der Waals surface area contributed by atoms with Gasteiger partial charge in [-0.3, -0.25) is 0 Å². The monoisotopic (exact) mass is 231 g/mol. The van der Waals surface area contributed by atoms with Gasteiger partial charge < -0.3 is 14.8 Å². The van der Waals surface area contributed by atoms with Crippen LogP contribution in [-0.4, -0.2) is 39.0 Å². The summed E-state index contributed by atoms with van der Waals surface area (Å²) in [7, 11) is 1.76. The van der Waals surface area contributed by atoms with Gasteiger partial charge in [-0.15, -0.1) is 0 Å². The largest absolute Gasteiger partial charge is 0.385 e. The number of hydrogen-bond acceptors (Lipinski definition) is 3. The maximum atomic E-state index is 5.70.